The Kier molecular flexibility index (Phi) is 4.21. The van der Waals surface area contributed by atoms with Gasteiger partial charge in [0, 0.05) is 45.4 Å². The van der Waals surface area contributed by atoms with Gasteiger partial charge in [-0.15, -0.1) is 0 Å². The summed E-state index contributed by atoms with van der Waals surface area (Å²) in [5.41, 5.74) is 0.806. The average molecular weight is 355 g/mol. The number of hydrogen-bond acceptors (Lipinski definition) is 3. The zero-order valence-electron chi connectivity index (χ0n) is 15.1. The second-order valence-corrected chi connectivity index (χ2v) is 7.86. The van der Waals surface area contributed by atoms with Crippen LogP contribution in [0.25, 0.3) is 0 Å². The van der Waals surface area contributed by atoms with Crippen molar-refractivity contribution in [3.63, 3.8) is 0 Å². The van der Waals surface area contributed by atoms with Crippen LogP contribution in [-0.2, 0) is 14.4 Å². The lowest BCUT2D eigenvalue weighted by molar-refractivity contribution is -0.147. The molecule has 4 rings (SSSR count). The normalized spacial score (nSPS) is 28.8. The van der Waals surface area contributed by atoms with Crippen LogP contribution in [0.2, 0.25) is 0 Å². The minimum Gasteiger partial charge on any atom is -0.348 e. The first-order chi connectivity index (χ1) is 12.5. The van der Waals surface area contributed by atoms with Crippen LogP contribution in [0.4, 0.5) is 0 Å². The summed E-state index contributed by atoms with van der Waals surface area (Å²) in [5.74, 6) is 0.220. The van der Waals surface area contributed by atoms with Gasteiger partial charge in [0.15, 0.2) is 0 Å². The quantitative estimate of drug-likeness (QED) is 0.865. The van der Waals surface area contributed by atoms with Crippen molar-refractivity contribution < 1.29 is 14.4 Å². The van der Waals surface area contributed by atoms with Crippen LogP contribution in [0.1, 0.15) is 37.7 Å². The van der Waals surface area contributed by atoms with E-state index in [1.165, 1.54) is 12.5 Å². The Morgan fingerprint density at radius 3 is 2.50 bits per heavy atom. The van der Waals surface area contributed by atoms with Crippen molar-refractivity contribution in [1.82, 2.24) is 15.1 Å². The molecule has 1 aromatic rings. The maximum absolute atomic E-state index is 13.0. The summed E-state index contributed by atoms with van der Waals surface area (Å²) in [4.78, 5) is 40.1. The first kappa shape index (κ1) is 17.1. The molecule has 3 aliphatic heterocycles. The van der Waals surface area contributed by atoms with Crippen LogP contribution in [0.3, 0.4) is 0 Å². The first-order valence-corrected chi connectivity index (χ1v) is 9.39. The fourth-order valence-corrected chi connectivity index (χ4v) is 4.69. The molecule has 1 aromatic carbocycles. The van der Waals surface area contributed by atoms with E-state index in [0.717, 1.165) is 12.8 Å². The predicted octanol–water partition coefficient (Wildman–Crippen LogP) is 1.13. The van der Waals surface area contributed by atoms with E-state index < -0.39 is 0 Å². The van der Waals surface area contributed by atoms with Crippen LogP contribution in [-0.4, -0.2) is 59.2 Å². The summed E-state index contributed by atoms with van der Waals surface area (Å²) in [6.45, 7) is 3.75. The van der Waals surface area contributed by atoms with Gasteiger partial charge in [-0.3, -0.25) is 14.4 Å². The Morgan fingerprint density at radius 2 is 1.85 bits per heavy atom. The number of nitrogens with one attached hydrogen (secondary N) is 1. The molecule has 26 heavy (non-hydrogen) atoms. The van der Waals surface area contributed by atoms with E-state index in [1.54, 1.807) is 4.90 Å². The molecule has 3 amide bonds. The van der Waals surface area contributed by atoms with Gasteiger partial charge >= 0.3 is 0 Å². The fourth-order valence-electron chi connectivity index (χ4n) is 4.69. The summed E-state index contributed by atoms with van der Waals surface area (Å²) < 4.78 is 0. The van der Waals surface area contributed by atoms with Gasteiger partial charge in [-0.2, -0.15) is 0 Å². The van der Waals surface area contributed by atoms with Gasteiger partial charge in [-0.25, -0.2) is 0 Å². The molecular formula is C20H25N3O3. The van der Waals surface area contributed by atoms with E-state index in [-0.39, 0.29) is 35.1 Å². The molecule has 3 saturated heterocycles. The molecule has 1 N–H and O–H groups in total. The number of likely N-dealkylation sites (tertiary alicyclic amines) is 2. The Hall–Kier alpha value is -2.37. The van der Waals surface area contributed by atoms with Gasteiger partial charge in [-0.05, 0) is 18.4 Å². The number of carbonyl (C=O) groups is 3. The topological polar surface area (TPSA) is 69.7 Å². The molecule has 3 heterocycles. The van der Waals surface area contributed by atoms with Crippen LogP contribution >= 0.6 is 0 Å². The number of amides is 3. The molecule has 0 bridgehead atoms. The van der Waals surface area contributed by atoms with E-state index in [4.69, 9.17) is 0 Å². The molecule has 138 valence electrons. The smallest absolute Gasteiger partial charge is 0.229 e. The van der Waals surface area contributed by atoms with Crippen LogP contribution in [0.15, 0.2) is 30.3 Å². The summed E-state index contributed by atoms with van der Waals surface area (Å²) >= 11 is 0. The Labute approximate surface area is 153 Å². The number of hydrogen-bond donors (Lipinski definition) is 1. The van der Waals surface area contributed by atoms with E-state index in [9.17, 15) is 14.4 Å². The van der Waals surface area contributed by atoms with Gasteiger partial charge < -0.3 is 15.1 Å². The Bertz CT molecular complexity index is 729. The van der Waals surface area contributed by atoms with Crippen molar-refractivity contribution in [1.29, 1.82) is 0 Å². The van der Waals surface area contributed by atoms with Crippen molar-refractivity contribution in [3.05, 3.63) is 35.9 Å². The molecular weight excluding hydrogens is 330 g/mol. The predicted molar refractivity (Wildman–Crippen MR) is 96.2 cm³/mol. The third-order valence-electron chi connectivity index (χ3n) is 6.15. The second kappa shape index (κ2) is 6.41. The lowest BCUT2D eigenvalue weighted by Gasteiger charge is -2.40. The second-order valence-electron chi connectivity index (χ2n) is 7.86. The standard InChI is InChI=1S/C20H25N3O3/c1-14(24)22-10-16(11-22)19(26)23-12-17(15-6-3-2-4-7-15)20(13-23)9-5-8-18(25)21-20/h2-4,6-7,16-17H,5,8-13H2,1H3,(H,21,25)/t17-,20+/m0/s1. The van der Waals surface area contributed by atoms with Crippen molar-refractivity contribution in [2.24, 2.45) is 5.92 Å². The number of rotatable bonds is 2. The summed E-state index contributed by atoms with van der Waals surface area (Å²) in [6, 6.07) is 10.2. The van der Waals surface area contributed by atoms with Crippen molar-refractivity contribution in [2.75, 3.05) is 26.2 Å². The number of nitrogens with zero attached hydrogens (tertiary/aromatic N) is 2. The summed E-state index contributed by atoms with van der Waals surface area (Å²) in [5, 5.41) is 3.23. The number of piperidine rings is 1. The van der Waals surface area contributed by atoms with Crippen molar-refractivity contribution in [2.45, 2.75) is 37.6 Å². The summed E-state index contributed by atoms with van der Waals surface area (Å²) in [6.07, 6.45) is 2.32. The largest absolute Gasteiger partial charge is 0.348 e. The van der Waals surface area contributed by atoms with Gasteiger partial charge in [0.2, 0.25) is 17.7 Å². The highest BCUT2D eigenvalue weighted by Gasteiger charge is 2.52. The highest BCUT2D eigenvalue weighted by molar-refractivity contribution is 5.85. The van der Waals surface area contributed by atoms with Crippen LogP contribution in [0, 0.1) is 5.92 Å². The van der Waals surface area contributed by atoms with Gasteiger partial charge in [0.1, 0.15) is 0 Å². The lowest BCUT2D eigenvalue weighted by atomic mass is 9.76. The first-order valence-electron chi connectivity index (χ1n) is 9.39. The highest BCUT2D eigenvalue weighted by Crippen LogP contribution is 2.42. The van der Waals surface area contributed by atoms with Crippen LogP contribution < -0.4 is 5.32 Å². The minimum atomic E-state index is -0.365. The van der Waals surface area contributed by atoms with E-state index in [2.05, 4.69) is 17.4 Å². The highest BCUT2D eigenvalue weighted by atomic mass is 16.2. The molecule has 3 fully saturated rings. The maximum atomic E-state index is 13.0. The van der Waals surface area contributed by atoms with Gasteiger partial charge in [0.05, 0.1) is 11.5 Å². The van der Waals surface area contributed by atoms with E-state index in [0.29, 0.717) is 32.6 Å². The summed E-state index contributed by atoms with van der Waals surface area (Å²) in [7, 11) is 0. The SMILES string of the molecule is CC(=O)N1CC(C(=O)N2C[C@@H](c3ccccc3)[C@@]3(CCCC(=O)N3)C2)C1. The van der Waals surface area contributed by atoms with Gasteiger partial charge in [0.25, 0.3) is 0 Å². The molecule has 0 aromatic heterocycles. The molecule has 0 saturated carbocycles. The molecule has 6 heteroatoms. The maximum Gasteiger partial charge on any atom is 0.229 e. The third kappa shape index (κ3) is 2.87. The lowest BCUT2D eigenvalue weighted by Crippen LogP contribution is -2.58. The molecule has 1 spiro atoms. The number of benzene rings is 1. The molecule has 3 aliphatic rings. The van der Waals surface area contributed by atoms with E-state index >= 15 is 0 Å². The van der Waals surface area contributed by atoms with Crippen molar-refractivity contribution >= 4 is 17.7 Å². The molecule has 2 atom stereocenters. The number of carbonyl (C=O) groups excluding carboxylic acids is 3. The zero-order chi connectivity index (χ0) is 18.3. The Morgan fingerprint density at radius 1 is 1.12 bits per heavy atom. The third-order valence-corrected chi connectivity index (χ3v) is 6.15. The molecule has 0 aliphatic carbocycles. The van der Waals surface area contributed by atoms with E-state index in [1.807, 2.05) is 23.1 Å². The Balaban J connectivity index is 1.55. The molecule has 0 unspecified atom stereocenters. The monoisotopic (exact) mass is 355 g/mol. The molecule has 0 radical (unpaired) electrons. The minimum absolute atomic E-state index is 0.0219. The van der Waals surface area contributed by atoms with Gasteiger partial charge in [-0.1, -0.05) is 30.3 Å². The molecule has 6 nitrogen and oxygen atoms in total. The van der Waals surface area contributed by atoms with Crippen molar-refractivity contribution in [3.8, 4) is 0 Å². The fraction of sp³-hybridized carbons (Fsp3) is 0.550. The average Bonchev–Trinajstić information content (AvgIpc) is 2.92. The van der Waals surface area contributed by atoms with Crippen LogP contribution in [0.5, 0.6) is 0 Å². The zero-order valence-corrected chi connectivity index (χ0v) is 15.1.